The van der Waals surface area contributed by atoms with E-state index in [9.17, 15) is 0 Å². The van der Waals surface area contributed by atoms with Crippen LogP contribution in [0, 0.1) is 10.8 Å². The van der Waals surface area contributed by atoms with Crippen molar-refractivity contribution in [2.45, 2.75) is 218 Å². The Morgan fingerprint density at radius 1 is 0.511 bits per heavy atom. The molecule has 2 aliphatic heterocycles. The van der Waals surface area contributed by atoms with Crippen LogP contribution in [0.3, 0.4) is 0 Å². The predicted octanol–water partition coefficient (Wildman–Crippen LogP) is 13.7. The molecule has 3 nitrogen and oxygen atoms in total. The minimum Gasteiger partial charge on any atom is -0.489 e. The Morgan fingerprint density at radius 2 is 0.894 bits per heavy atom. The first-order valence-electron chi connectivity index (χ1n) is 21.3. The van der Waals surface area contributed by atoms with Crippen molar-refractivity contribution < 1.29 is 14.2 Å². The molecule has 266 valence electrons. The van der Waals surface area contributed by atoms with E-state index in [-0.39, 0.29) is 16.4 Å². The SMILES string of the molecule is CCC1(C(OC2(C3(CC)COC3)CC2)=C2CCCCCCCCC2)C(=C2CCCCCCCCC2)OC1=C1CCCCCCCCC1. The van der Waals surface area contributed by atoms with Gasteiger partial charge in [-0.1, -0.05) is 110 Å². The fraction of sp³-hybridized carbons (Fsp3) is 0.864. The van der Waals surface area contributed by atoms with Crippen LogP contribution in [0.2, 0.25) is 0 Å². The first-order valence-corrected chi connectivity index (χ1v) is 21.3. The van der Waals surface area contributed by atoms with E-state index >= 15 is 0 Å². The highest BCUT2D eigenvalue weighted by molar-refractivity contribution is 5.48. The van der Waals surface area contributed by atoms with Crippen LogP contribution in [0.25, 0.3) is 0 Å². The average Bonchev–Trinajstić information content (AvgIpc) is 3.85. The van der Waals surface area contributed by atoms with E-state index in [1.165, 1.54) is 203 Å². The van der Waals surface area contributed by atoms with Crippen LogP contribution in [-0.2, 0) is 14.2 Å². The summed E-state index contributed by atoms with van der Waals surface area (Å²) in [5.74, 6) is 4.14. The fourth-order valence-corrected chi connectivity index (χ4v) is 10.2. The predicted molar refractivity (Wildman–Crippen MR) is 196 cm³/mol. The second kappa shape index (κ2) is 17.1. The lowest BCUT2D eigenvalue weighted by Gasteiger charge is -2.53. The summed E-state index contributed by atoms with van der Waals surface area (Å²) in [7, 11) is 0. The summed E-state index contributed by atoms with van der Waals surface area (Å²) in [6.45, 7) is 6.65. The van der Waals surface area contributed by atoms with Gasteiger partial charge in [-0.15, -0.1) is 0 Å². The van der Waals surface area contributed by atoms with Crippen molar-refractivity contribution in [3.05, 3.63) is 34.0 Å². The summed E-state index contributed by atoms with van der Waals surface area (Å²) in [4.78, 5) is 0. The van der Waals surface area contributed by atoms with Crippen LogP contribution >= 0.6 is 0 Å². The minimum atomic E-state index is -0.187. The van der Waals surface area contributed by atoms with E-state index in [0.29, 0.717) is 0 Å². The Hall–Kier alpha value is -1.22. The van der Waals surface area contributed by atoms with Gasteiger partial charge in [-0.2, -0.15) is 0 Å². The Labute approximate surface area is 290 Å². The molecule has 0 aromatic heterocycles. The molecule has 4 aliphatic carbocycles. The molecule has 2 saturated heterocycles. The smallest absolute Gasteiger partial charge is 0.143 e. The monoisotopic (exact) mass is 649 g/mol. The third-order valence-corrected chi connectivity index (χ3v) is 13.6. The molecule has 0 spiro atoms. The average molecular weight is 649 g/mol. The third kappa shape index (κ3) is 7.91. The number of hydrogen-bond acceptors (Lipinski definition) is 3. The molecule has 2 heterocycles. The molecule has 0 bridgehead atoms. The number of allylic oxidation sites excluding steroid dienone is 3. The lowest BCUT2D eigenvalue weighted by Crippen LogP contribution is -2.55. The van der Waals surface area contributed by atoms with E-state index in [1.54, 1.807) is 16.7 Å². The number of ether oxygens (including phenoxy) is 3. The Bertz CT molecular complexity index is 1020. The van der Waals surface area contributed by atoms with E-state index in [0.717, 1.165) is 26.1 Å². The molecule has 0 radical (unpaired) electrons. The maximum atomic E-state index is 7.95. The van der Waals surface area contributed by atoms with E-state index in [1.807, 2.05) is 0 Å². The second-order valence-electron chi connectivity index (χ2n) is 16.8. The van der Waals surface area contributed by atoms with Gasteiger partial charge < -0.3 is 14.2 Å². The van der Waals surface area contributed by atoms with Crippen molar-refractivity contribution >= 4 is 0 Å². The zero-order chi connectivity index (χ0) is 32.4. The standard InChI is InChI=1S/C44H72O3/c1-3-42(34-45-35-42)43(32-33-43)47-41(38-30-24-18-12-7-13-19-25-31-38)44(4-2)39(36-26-20-14-8-5-9-15-21-27-36)46-40(44)37-28-22-16-10-6-11-17-23-29-37/h3-35H2,1-2H3. The lowest BCUT2D eigenvalue weighted by atomic mass is 9.67. The van der Waals surface area contributed by atoms with Gasteiger partial charge in [0.1, 0.15) is 28.3 Å². The highest BCUT2D eigenvalue weighted by atomic mass is 16.6. The molecule has 47 heavy (non-hydrogen) atoms. The Morgan fingerprint density at radius 3 is 1.21 bits per heavy atom. The molecule has 6 aliphatic rings. The molecule has 6 rings (SSSR count). The van der Waals surface area contributed by atoms with Crippen molar-refractivity contribution in [3.63, 3.8) is 0 Å². The Kier molecular flexibility index (Phi) is 13.0. The van der Waals surface area contributed by atoms with Gasteiger partial charge in [0.05, 0.1) is 18.6 Å². The second-order valence-corrected chi connectivity index (χ2v) is 16.8. The first-order chi connectivity index (χ1) is 23.2. The quantitative estimate of drug-likeness (QED) is 0.268. The van der Waals surface area contributed by atoms with Gasteiger partial charge in [0.2, 0.25) is 0 Å². The van der Waals surface area contributed by atoms with Crippen LogP contribution in [0.1, 0.15) is 213 Å². The highest BCUT2D eigenvalue weighted by Gasteiger charge is 2.67. The molecule has 6 fully saturated rings. The maximum absolute atomic E-state index is 7.95. The molecule has 0 unspecified atom stereocenters. The normalized spacial score (nSPS) is 27.8. The molecule has 0 atom stereocenters. The first kappa shape index (κ1) is 35.6. The molecule has 3 heteroatoms. The van der Waals surface area contributed by atoms with Gasteiger partial charge in [0, 0.05) is 0 Å². The highest BCUT2D eigenvalue weighted by Crippen LogP contribution is 2.66. The summed E-state index contributed by atoms with van der Waals surface area (Å²) in [5.41, 5.74) is 4.93. The van der Waals surface area contributed by atoms with E-state index < -0.39 is 0 Å². The van der Waals surface area contributed by atoms with E-state index in [2.05, 4.69) is 13.8 Å². The van der Waals surface area contributed by atoms with Crippen LogP contribution in [0.5, 0.6) is 0 Å². The molecular weight excluding hydrogens is 576 g/mol. The van der Waals surface area contributed by atoms with Crippen molar-refractivity contribution in [1.29, 1.82) is 0 Å². The van der Waals surface area contributed by atoms with Gasteiger partial charge in [-0.3, -0.25) is 0 Å². The summed E-state index contributed by atoms with van der Waals surface area (Å²) < 4.78 is 21.3. The fourth-order valence-electron chi connectivity index (χ4n) is 10.2. The van der Waals surface area contributed by atoms with E-state index in [4.69, 9.17) is 14.2 Å². The van der Waals surface area contributed by atoms with Gasteiger partial charge in [0.15, 0.2) is 0 Å². The van der Waals surface area contributed by atoms with Crippen molar-refractivity contribution in [2.24, 2.45) is 10.8 Å². The van der Waals surface area contributed by atoms with Crippen molar-refractivity contribution in [2.75, 3.05) is 13.2 Å². The molecule has 4 saturated carbocycles. The van der Waals surface area contributed by atoms with Crippen LogP contribution in [0.15, 0.2) is 34.0 Å². The summed E-state index contributed by atoms with van der Waals surface area (Å²) in [6, 6.07) is 0. The van der Waals surface area contributed by atoms with Gasteiger partial charge in [-0.25, -0.2) is 0 Å². The molecule has 0 aromatic carbocycles. The van der Waals surface area contributed by atoms with Crippen LogP contribution < -0.4 is 0 Å². The minimum absolute atomic E-state index is 0.0480. The number of rotatable bonds is 6. The largest absolute Gasteiger partial charge is 0.489 e. The molecule has 0 aromatic rings. The maximum Gasteiger partial charge on any atom is 0.143 e. The van der Waals surface area contributed by atoms with Gasteiger partial charge in [-0.05, 0) is 119 Å². The summed E-state index contributed by atoms with van der Waals surface area (Å²) in [5, 5.41) is 0. The molecular formula is C44H72O3. The zero-order valence-corrected chi connectivity index (χ0v) is 31.1. The van der Waals surface area contributed by atoms with Crippen LogP contribution in [-0.4, -0.2) is 18.8 Å². The summed E-state index contributed by atoms with van der Waals surface area (Å²) >= 11 is 0. The van der Waals surface area contributed by atoms with Crippen molar-refractivity contribution in [1.82, 2.24) is 0 Å². The number of hydrogen-bond donors (Lipinski definition) is 0. The molecule has 0 N–H and O–H groups in total. The van der Waals surface area contributed by atoms with Gasteiger partial charge >= 0.3 is 0 Å². The lowest BCUT2D eigenvalue weighted by molar-refractivity contribution is -0.198. The molecule has 0 amide bonds. The van der Waals surface area contributed by atoms with Crippen LogP contribution in [0.4, 0.5) is 0 Å². The topological polar surface area (TPSA) is 27.7 Å². The zero-order valence-electron chi connectivity index (χ0n) is 31.1. The van der Waals surface area contributed by atoms with Gasteiger partial charge in [0.25, 0.3) is 0 Å². The van der Waals surface area contributed by atoms with Crippen molar-refractivity contribution in [3.8, 4) is 0 Å². The Balaban J connectivity index is 1.50. The summed E-state index contributed by atoms with van der Waals surface area (Å²) in [6.07, 6.45) is 40.8. The third-order valence-electron chi connectivity index (χ3n) is 13.6.